The molecule has 0 aliphatic carbocycles. The molecule has 0 radical (unpaired) electrons. The van der Waals surface area contributed by atoms with Crippen LogP contribution in [-0.4, -0.2) is 29.6 Å². The van der Waals surface area contributed by atoms with E-state index < -0.39 is 5.97 Å². The summed E-state index contributed by atoms with van der Waals surface area (Å²) in [5.74, 6) is -1.00. The van der Waals surface area contributed by atoms with Crippen molar-refractivity contribution >= 4 is 17.3 Å². The van der Waals surface area contributed by atoms with Crippen molar-refractivity contribution in [2.45, 2.75) is 12.8 Å². The summed E-state index contributed by atoms with van der Waals surface area (Å²) in [4.78, 5) is 23.6. The molecule has 0 unspecified atom stereocenters. The van der Waals surface area contributed by atoms with Gasteiger partial charge in [0.05, 0.1) is 11.3 Å². The van der Waals surface area contributed by atoms with Crippen LogP contribution in [0.5, 0.6) is 0 Å². The second kappa shape index (κ2) is 5.40. The molecule has 92 valence electrons. The van der Waals surface area contributed by atoms with Crippen molar-refractivity contribution in [3.8, 4) is 0 Å². The number of nitrogens with one attached hydrogen (secondary N) is 1. The van der Waals surface area contributed by atoms with Crippen molar-refractivity contribution in [2.24, 2.45) is 0 Å². The Bertz CT molecular complexity index is 427. The summed E-state index contributed by atoms with van der Waals surface area (Å²) in [6.45, 7) is 1.76. The lowest BCUT2D eigenvalue weighted by Gasteiger charge is -2.19. The Balaban J connectivity index is 0.00000144. The van der Waals surface area contributed by atoms with E-state index in [1.807, 2.05) is 4.90 Å². The molecule has 1 aliphatic heterocycles. The highest BCUT2D eigenvalue weighted by Crippen LogP contribution is 2.26. The Labute approximate surface area is 98.1 Å². The summed E-state index contributed by atoms with van der Waals surface area (Å²) in [6.07, 6.45) is 2.17. The lowest BCUT2D eigenvalue weighted by atomic mass is 10.1. The normalized spacial score (nSPS) is 14.2. The fourth-order valence-electron chi connectivity index (χ4n) is 2.00. The second-order valence-electron chi connectivity index (χ2n) is 3.83. The Kier molecular flexibility index (Phi) is 4.17. The van der Waals surface area contributed by atoms with Gasteiger partial charge in [-0.15, -0.1) is 0 Å². The molecule has 1 saturated heterocycles. The molecule has 6 nitrogen and oxygen atoms in total. The number of carbonyl (C=O) groups is 1. The van der Waals surface area contributed by atoms with Gasteiger partial charge in [-0.3, -0.25) is 0 Å². The fourth-order valence-corrected chi connectivity index (χ4v) is 2.00. The van der Waals surface area contributed by atoms with E-state index in [0.29, 0.717) is 5.69 Å². The lowest BCUT2D eigenvalue weighted by molar-refractivity contribution is -0.379. The number of hydrogen-bond acceptors (Lipinski definition) is 4. The highest BCUT2D eigenvalue weighted by molar-refractivity contribution is 5.95. The van der Waals surface area contributed by atoms with Gasteiger partial charge in [-0.2, -0.15) is 0 Å². The Morgan fingerprint density at radius 1 is 1.29 bits per heavy atom. The van der Waals surface area contributed by atoms with E-state index in [1.54, 1.807) is 17.3 Å². The summed E-state index contributed by atoms with van der Waals surface area (Å²) < 4.78 is 0. The van der Waals surface area contributed by atoms with Crippen LogP contribution in [0.1, 0.15) is 23.2 Å². The molecule has 0 spiro atoms. The van der Waals surface area contributed by atoms with E-state index >= 15 is 0 Å². The van der Waals surface area contributed by atoms with Crippen LogP contribution >= 0.6 is 0 Å². The first-order valence-electron chi connectivity index (χ1n) is 5.23. The van der Waals surface area contributed by atoms with Crippen molar-refractivity contribution in [2.75, 3.05) is 18.0 Å². The molecule has 1 fully saturated rings. The minimum atomic E-state index is -1.00. The van der Waals surface area contributed by atoms with Crippen LogP contribution in [-0.2, 0) is 0 Å². The number of rotatable bonds is 3. The molecular weight excluding hydrogens is 224 g/mol. The standard InChI is InChI=1S/C11H12N2O3.H2O/c14-11(15)9-7-8(12-16)3-4-10(9)13-5-1-2-6-13;/h3-4,7H,1-2,5-6H2,(H,14,15);1H2. The lowest BCUT2D eigenvalue weighted by Crippen LogP contribution is -2.55. The van der Waals surface area contributed by atoms with Crippen LogP contribution in [0, 0.1) is 4.91 Å². The van der Waals surface area contributed by atoms with E-state index in [9.17, 15) is 9.70 Å². The maximum Gasteiger partial charge on any atom is 0.338 e. The predicted octanol–water partition coefficient (Wildman–Crippen LogP) is 0.287. The van der Waals surface area contributed by atoms with Gasteiger partial charge < -0.3 is 15.5 Å². The molecule has 0 saturated carbocycles. The van der Waals surface area contributed by atoms with Crippen molar-refractivity contribution in [3.05, 3.63) is 28.7 Å². The van der Waals surface area contributed by atoms with Crippen LogP contribution in [0.4, 0.5) is 11.4 Å². The molecule has 0 bridgehead atoms. The van der Waals surface area contributed by atoms with Crippen LogP contribution in [0.3, 0.4) is 0 Å². The monoisotopic (exact) mass is 238 g/mol. The molecule has 6 heteroatoms. The van der Waals surface area contributed by atoms with Crippen LogP contribution in [0.15, 0.2) is 18.2 Å². The molecule has 3 N–H and O–H groups in total. The van der Waals surface area contributed by atoms with Gasteiger partial charge in [0.1, 0.15) is 0 Å². The van der Waals surface area contributed by atoms with Gasteiger partial charge in [-0.05, 0) is 18.9 Å². The quantitative estimate of drug-likeness (QED) is 0.787. The van der Waals surface area contributed by atoms with Crippen molar-refractivity contribution in [3.63, 3.8) is 0 Å². The summed E-state index contributed by atoms with van der Waals surface area (Å²) >= 11 is 0. The number of nitrogens with zero attached hydrogens (tertiary/aromatic N) is 1. The number of carboxylic acid groups (broad SMARTS) is 1. The number of nitroso groups, excluding NO2 is 1. The van der Waals surface area contributed by atoms with E-state index in [2.05, 4.69) is 0 Å². The Morgan fingerprint density at radius 3 is 2.47 bits per heavy atom. The third-order valence-electron chi connectivity index (χ3n) is 2.79. The summed E-state index contributed by atoms with van der Waals surface area (Å²) in [5.41, 5.74) is 1.16. The second-order valence-corrected chi connectivity index (χ2v) is 3.83. The number of hydrogen-bond donors (Lipinski definition) is 2. The zero-order valence-corrected chi connectivity index (χ0v) is 9.22. The van der Waals surface area contributed by atoms with Crippen LogP contribution in [0.2, 0.25) is 0 Å². The summed E-state index contributed by atoms with van der Waals surface area (Å²) in [6, 6.07) is 4.67. The maximum absolute atomic E-state index is 11.1. The fraction of sp³-hybridized carbons (Fsp3) is 0.364. The highest BCUT2D eigenvalue weighted by Gasteiger charge is 2.20. The molecule has 1 aliphatic rings. The molecule has 1 aromatic rings. The van der Waals surface area contributed by atoms with Gasteiger partial charge in [0.25, 0.3) is 5.69 Å². The molecule has 0 aromatic heterocycles. The average Bonchev–Trinajstić information content (AvgIpc) is 2.81. The van der Waals surface area contributed by atoms with Gasteiger partial charge in [0.2, 0.25) is 0 Å². The molecule has 1 heterocycles. The van der Waals surface area contributed by atoms with E-state index in [-0.39, 0.29) is 16.7 Å². The molecular formula is C11H14N2O4. The number of anilines is 1. The van der Waals surface area contributed by atoms with Crippen molar-refractivity contribution in [1.29, 1.82) is 0 Å². The third kappa shape index (κ3) is 2.59. The minimum absolute atomic E-state index is 0. The third-order valence-corrected chi connectivity index (χ3v) is 2.79. The Hall–Kier alpha value is -1.95. The summed E-state index contributed by atoms with van der Waals surface area (Å²) in [7, 11) is 0. The number of aromatic carboxylic acids is 1. The van der Waals surface area contributed by atoms with Crippen molar-refractivity contribution < 1.29 is 20.6 Å². The molecule has 0 amide bonds. The molecule has 17 heavy (non-hydrogen) atoms. The highest BCUT2D eigenvalue weighted by atomic mass is 16.4. The van der Waals surface area contributed by atoms with Gasteiger partial charge in [-0.25, -0.2) is 4.79 Å². The first-order chi connectivity index (χ1) is 7.72. The topological polar surface area (TPSA) is 102 Å². The molecule has 1 aromatic carbocycles. The van der Waals surface area contributed by atoms with Gasteiger partial charge in [0.15, 0.2) is 0 Å². The average molecular weight is 238 g/mol. The number of carboxylic acids is 1. The van der Waals surface area contributed by atoms with E-state index in [1.165, 1.54) is 6.07 Å². The van der Waals surface area contributed by atoms with Crippen LogP contribution in [0.25, 0.3) is 0 Å². The SMILES string of the molecule is O=[NH+]c1ccc(N2CCCC2)c(C(=O)O)c1.[OH-]. The minimum Gasteiger partial charge on any atom is -0.870 e. The summed E-state index contributed by atoms with van der Waals surface area (Å²) in [5, 5.41) is 10.8. The Morgan fingerprint density at radius 2 is 1.94 bits per heavy atom. The van der Waals surface area contributed by atoms with Gasteiger partial charge in [-0.1, -0.05) is 0 Å². The molecule has 2 rings (SSSR count). The zero-order valence-electron chi connectivity index (χ0n) is 9.22. The van der Waals surface area contributed by atoms with E-state index in [4.69, 9.17) is 5.11 Å². The molecule has 0 atom stereocenters. The smallest absolute Gasteiger partial charge is 0.338 e. The largest absolute Gasteiger partial charge is 0.870 e. The predicted molar refractivity (Wildman–Crippen MR) is 60.8 cm³/mol. The maximum atomic E-state index is 11.1. The first kappa shape index (κ1) is 13.1. The van der Waals surface area contributed by atoms with Crippen molar-refractivity contribution in [1.82, 2.24) is 0 Å². The zero-order chi connectivity index (χ0) is 11.5. The van der Waals surface area contributed by atoms with Crippen LogP contribution < -0.4 is 10.1 Å². The number of benzene rings is 1. The van der Waals surface area contributed by atoms with Gasteiger partial charge >= 0.3 is 5.97 Å². The first-order valence-corrected chi connectivity index (χ1v) is 5.23. The van der Waals surface area contributed by atoms with E-state index in [0.717, 1.165) is 25.9 Å². The van der Waals surface area contributed by atoms with Gasteiger partial charge in [0, 0.05) is 35.3 Å².